The van der Waals surface area contributed by atoms with Crippen LogP contribution < -0.4 is 0 Å². The average molecular weight is 262 g/mol. The maximum Gasteiger partial charge on any atom is 0.210 e. The van der Waals surface area contributed by atoms with Crippen molar-refractivity contribution < 1.29 is 13.5 Å². The van der Waals surface area contributed by atoms with Crippen LogP contribution in [0.2, 0.25) is 0 Å². The molecule has 1 N–H and O–H groups in total. The number of aryl methyl sites for hydroxylation is 1. The van der Waals surface area contributed by atoms with Crippen LogP contribution >= 0.6 is 0 Å². The van der Waals surface area contributed by atoms with Crippen LogP contribution in [0.4, 0.5) is 0 Å². The van der Waals surface area contributed by atoms with Crippen LogP contribution in [0.3, 0.4) is 0 Å². The smallest absolute Gasteiger partial charge is 0.210 e. The van der Waals surface area contributed by atoms with E-state index in [-0.39, 0.29) is 15.5 Å². The Bertz CT molecular complexity index is 646. The molecule has 0 atom stereocenters. The molecular weight excluding hydrogens is 248 g/mol. The molecule has 0 saturated heterocycles. The van der Waals surface area contributed by atoms with E-state index in [2.05, 4.69) is 0 Å². The van der Waals surface area contributed by atoms with E-state index in [9.17, 15) is 13.5 Å². The minimum Gasteiger partial charge on any atom is -0.507 e. The predicted molar refractivity (Wildman–Crippen MR) is 69.4 cm³/mol. The molecule has 0 amide bonds. The third-order valence-electron chi connectivity index (χ3n) is 2.78. The molecule has 0 fully saturated rings. The van der Waals surface area contributed by atoms with Crippen LogP contribution in [-0.2, 0) is 16.3 Å². The lowest BCUT2D eigenvalue weighted by molar-refractivity contribution is 0.458. The molecule has 2 aromatic rings. The van der Waals surface area contributed by atoms with E-state index in [4.69, 9.17) is 0 Å². The van der Waals surface area contributed by atoms with E-state index in [1.165, 1.54) is 24.3 Å². The van der Waals surface area contributed by atoms with Gasteiger partial charge in [-0.3, -0.25) is 0 Å². The molecule has 2 rings (SSSR count). The van der Waals surface area contributed by atoms with E-state index >= 15 is 0 Å². The average Bonchev–Trinajstić information content (AvgIpc) is 2.40. The Labute approximate surface area is 107 Å². The molecule has 94 valence electrons. The monoisotopic (exact) mass is 262 g/mol. The minimum absolute atomic E-state index is 0.0342. The van der Waals surface area contributed by atoms with Gasteiger partial charge in [0, 0.05) is 0 Å². The summed E-state index contributed by atoms with van der Waals surface area (Å²) < 4.78 is 24.7. The molecule has 0 unspecified atom stereocenters. The molecule has 0 aliphatic rings. The van der Waals surface area contributed by atoms with Crippen LogP contribution in [0.25, 0.3) is 0 Å². The second-order valence-corrected chi connectivity index (χ2v) is 5.89. The van der Waals surface area contributed by atoms with Gasteiger partial charge in [-0.2, -0.15) is 0 Å². The van der Waals surface area contributed by atoms with Crippen LogP contribution in [-0.4, -0.2) is 13.5 Å². The Morgan fingerprint density at radius 3 is 2.33 bits per heavy atom. The van der Waals surface area contributed by atoms with Crippen molar-refractivity contribution in [3.05, 3.63) is 54.1 Å². The van der Waals surface area contributed by atoms with Gasteiger partial charge in [0.2, 0.25) is 9.84 Å². The van der Waals surface area contributed by atoms with Gasteiger partial charge in [0.05, 0.1) is 4.90 Å². The maximum absolute atomic E-state index is 12.4. The fourth-order valence-electron chi connectivity index (χ4n) is 1.72. The van der Waals surface area contributed by atoms with E-state index in [0.29, 0.717) is 0 Å². The summed E-state index contributed by atoms with van der Waals surface area (Å²) in [5, 5.41) is 9.75. The number of phenolic OH excluding ortho intramolecular Hbond substituents is 1. The van der Waals surface area contributed by atoms with Crippen molar-refractivity contribution in [3.63, 3.8) is 0 Å². The molecular formula is C14H14O3S. The summed E-state index contributed by atoms with van der Waals surface area (Å²) in [7, 11) is -3.65. The van der Waals surface area contributed by atoms with Crippen molar-refractivity contribution in [1.29, 1.82) is 0 Å². The molecule has 4 heteroatoms. The Morgan fingerprint density at radius 1 is 1.06 bits per heavy atom. The molecule has 0 heterocycles. The highest BCUT2D eigenvalue weighted by Crippen LogP contribution is 2.29. The number of aromatic hydroxyl groups is 1. The highest BCUT2D eigenvalue weighted by atomic mass is 32.2. The number of benzene rings is 2. The first-order chi connectivity index (χ1) is 8.55. The predicted octanol–water partition coefficient (Wildman–Crippen LogP) is 2.79. The van der Waals surface area contributed by atoms with Crippen molar-refractivity contribution in [1.82, 2.24) is 0 Å². The Balaban J connectivity index is 2.61. The zero-order valence-electron chi connectivity index (χ0n) is 10.00. The molecule has 0 aliphatic carbocycles. The zero-order valence-corrected chi connectivity index (χ0v) is 10.8. The van der Waals surface area contributed by atoms with E-state index in [1.807, 2.05) is 6.92 Å². The Hall–Kier alpha value is -1.81. The minimum atomic E-state index is -3.65. The molecule has 0 aromatic heterocycles. The number of phenols is 1. The zero-order chi connectivity index (χ0) is 13.2. The summed E-state index contributed by atoms with van der Waals surface area (Å²) >= 11 is 0. The fourth-order valence-corrected chi connectivity index (χ4v) is 3.14. The third-order valence-corrected chi connectivity index (χ3v) is 4.57. The van der Waals surface area contributed by atoms with Gasteiger partial charge in [0.15, 0.2) is 0 Å². The molecule has 18 heavy (non-hydrogen) atoms. The first-order valence-electron chi connectivity index (χ1n) is 5.67. The van der Waals surface area contributed by atoms with Crippen molar-refractivity contribution in [3.8, 4) is 5.75 Å². The van der Waals surface area contributed by atoms with Crippen LogP contribution in [0.1, 0.15) is 12.5 Å². The van der Waals surface area contributed by atoms with Gasteiger partial charge in [0.1, 0.15) is 10.6 Å². The van der Waals surface area contributed by atoms with Gasteiger partial charge < -0.3 is 5.11 Å². The summed E-state index contributed by atoms with van der Waals surface area (Å²) in [6.07, 6.45) is 0.720. The van der Waals surface area contributed by atoms with Crippen LogP contribution in [0.5, 0.6) is 5.75 Å². The topological polar surface area (TPSA) is 54.4 Å². The van der Waals surface area contributed by atoms with Gasteiger partial charge in [-0.25, -0.2) is 8.42 Å². The van der Waals surface area contributed by atoms with E-state index in [1.54, 1.807) is 24.3 Å². The number of hydrogen-bond donors (Lipinski definition) is 1. The van der Waals surface area contributed by atoms with Gasteiger partial charge >= 0.3 is 0 Å². The summed E-state index contributed by atoms with van der Waals surface area (Å²) in [6, 6.07) is 12.8. The van der Waals surface area contributed by atoms with Gasteiger partial charge in [0.25, 0.3) is 0 Å². The lowest BCUT2D eigenvalue weighted by Crippen LogP contribution is -2.02. The van der Waals surface area contributed by atoms with Crippen molar-refractivity contribution in [2.75, 3.05) is 0 Å². The molecule has 3 nitrogen and oxygen atoms in total. The highest BCUT2D eigenvalue weighted by molar-refractivity contribution is 7.91. The normalized spacial score (nSPS) is 11.4. The van der Waals surface area contributed by atoms with E-state index < -0.39 is 9.84 Å². The molecule has 0 spiro atoms. The largest absolute Gasteiger partial charge is 0.507 e. The first-order valence-corrected chi connectivity index (χ1v) is 7.16. The van der Waals surface area contributed by atoms with Crippen LogP contribution in [0.15, 0.2) is 58.3 Å². The molecule has 0 aliphatic heterocycles. The lowest BCUT2D eigenvalue weighted by Gasteiger charge is -2.08. The van der Waals surface area contributed by atoms with Crippen molar-refractivity contribution in [2.24, 2.45) is 0 Å². The second kappa shape index (κ2) is 4.82. The Morgan fingerprint density at radius 2 is 1.72 bits per heavy atom. The lowest BCUT2D eigenvalue weighted by atomic mass is 10.2. The molecule has 0 saturated carbocycles. The summed E-state index contributed by atoms with van der Waals surface area (Å²) in [4.78, 5) is 0.154. The van der Waals surface area contributed by atoms with E-state index in [0.717, 1.165) is 12.0 Å². The highest BCUT2D eigenvalue weighted by Gasteiger charge is 2.21. The summed E-state index contributed by atoms with van der Waals surface area (Å²) in [5.41, 5.74) is 0.877. The van der Waals surface area contributed by atoms with Gasteiger partial charge in [-0.1, -0.05) is 31.2 Å². The molecule has 0 radical (unpaired) electrons. The summed E-state index contributed by atoms with van der Waals surface area (Å²) in [5.74, 6) is -0.212. The first kappa shape index (κ1) is 12.6. The third kappa shape index (κ3) is 2.24. The molecule has 0 bridgehead atoms. The quantitative estimate of drug-likeness (QED) is 0.925. The van der Waals surface area contributed by atoms with Crippen molar-refractivity contribution >= 4 is 9.84 Å². The second-order valence-electron chi connectivity index (χ2n) is 3.97. The Kier molecular flexibility index (Phi) is 3.39. The number of rotatable bonds is 3. The number of sulfone groups is 1. The van der Waals surface area contributed by atoms with Crippen molar-refractivity contribution in [2.45, 2.75) is 23.1 Å². The number of hydrogen-bond acceptors (Lipinski definition) is 3. The molecule has 2 aromatic carbocycles. The van der Waals surface area contributed by atoms with Crippen LogP contribution in [0, 0.1) is 0 Å². The SMILES string of the molecule is CCc1ccc(O)c(S(=O)(=O)c2ccccc2)c1. The van der Waals surface area contributed by atoms with Gasteiger partial charge in [-0.05, 0) is 36.2 Å². The standard InChI is InChI=1S/C14H14O3S/c1-2-11-8-9-13(15)14(10-11)18(16,17)12-6-4-3-5-7-12/h3-10,15H,2H2,1H3. The summed E-state index contributed by atoms with van der Waals surface area (Å²) in [6.45, 7) is 1.94. The maximum atomic E-state index is 12.4. The van der Waals surface area contributed by atoms with Gasteiger partial charge in [-0.15, -0.1) is 0 Å². The fraction of sp³-hybridized carbons (Fsp3) is 0.143.